The predicted molar refractivity (Wildman–Crippen MR) is 75.6 cm³/mol. The molecule has 7 heteroatoms. The number of amidine groups is 1. The molecular formula is C13H15F2N3OS. The molecule has 1 amide bonds. The van der Waals surface area contributed by atoms with Crippen molar-refractivity contribution >= 4 is 23.5 Å². The summed E-state index contributed by atoms with van der Waals surface area (Å²) >= 11 is 1.65. The minimum atomic E-state index is -0.887. The van der Waals surface area contributed by atoms with Crippen LogP contribution in [0.3, 0.4) is 0 Å². The number of carbonyl (C=O) groups excluding carboxylic acids is 1. The molecule has 0 radical (unpaired) electrons. The average Bonchev–Trinajstić information content (AvgIpc) is 2.43. The second-order valence-corrected chi connectivity index (χ2v) is 5.40. The van der Waals surface area contributed by atoms with Crippen molar-refractivity contribution in [1.82, 2.24) is 10.9 Å². The van der Waals surface area contributed by atoms with Gasteiger partial charge in [-0.25, -0.2) is 8.78 Å². The van der Waals surface area contributed by atoms with E-state index in [2.05, 4.69) is 15.8 Å². The van der Waals surface area contributed by atoms with Gasteiger partial charge in [0.15, 0.2) is 11.6 Å². The van der Waals surface area contributed by atoms with Crippen molar-refractivity contribution in [2.75, 3.05) is 12.0 Å². The topological polar surface area (TPSA) is 53.5 Å². The highest BCUT2D eigenvalue weighted by molar-refractivity contribution is 7.98. The van der Waals surface area contributed by atoms with Crippen molar-refractivity contribution < 1.29 is 13.6 Å². The zero-order chi connectivity index (χ0) is 14.5. The molecule has 2 rings (SSSR count). The molecule has 2 N–H and O–H groups in total. The molecule has 0 bridgehead atoms. The molecule has 108 valence electrons. The van der Waals surface area contributed by atoms with Gasteiger partial charge in [-0.1, -0.05) is 6.07 Å². The van der Waals surface area contributed by atoms with E-state index in [1.807, 2.05) is 6.26 Å². The first-order valence-electron chi connectivity index (χ1n) is 6.15. The highest BCUT2D eigenvalue weighted by atomic mass is 32.2. The fourth-order valence-corrected chi connectivity index (χ4v) is 2.31. The average molecular weight is 299 g/mol. The maximum absolute atomic E-state index is 13.1. The minimum Gasteiger partial charge on any atom is -0.285 e. The maximum atomic E-state index is 13.1. The van der Waals surface area contributed by atoms with Crippen LogP contribution < -0.4 is 10.9 Å². The van der Waals surface area contributed by atoms with Gasteiger partial charge in [0, 0.05) is 6.42 Å². The molecule has 1 unspecified atom stereocenters. The van der Waals surface area contributed by atoms with Gasteiger partial charge >= 0.3 is 0 Å². The number of carbonyl (C=O) groups is 1. The van der Waals surface area contributed by atoms with Gasteiger partial charge in [0.1, 0.15) is 11.9 Å². The van der Waals surface area contributed by atoms with Crippen molar-refractivity contribution in [3.8, 4) is 0 Å². The van der Waals surface area contributed by atoms with Crippen LogP contribution in [0.15, 0.2) is 23.2 Å². The van der Waals surface area contributed by atoms with E-state index in [0.29, 0.717) is 24.2 Å². The van der Waals surface area contributed by atoms with Gasteiger partial charge in [-0.2, -0.15) is 11.8 Å². The highest BCUT2D eigenvalue weighted by Crippen LogP contribution is 2.12. The van der Waals surface area contributed by atoms with Gasteiger partial charge in [0.2, 0.25) is 0 Å². The van der Waals surface area contributed by atoms with E-state index in [9.17, 15) is 13.6 Å². The van der Waals surface area contributed by atoms with E-state index in [1.165, 1.54) is 6.07 Å². The van der Waals surface area contributed by atoms with Crippen LogP contribution in [0.4, 0.5) is 8.78 Å². The van der Waals surface area contributed by atoms with Gasteiger partial charge in [-0.15, -0.1) is 0 Å². The van der Waals surface area contributed by atoms with Crippen LogP contribution in [0.25, 0.3) is 0 Å². The number of hydrazine groups is 1. The van der Waals surface area contributed by atoms with E-state index >= 15 is 0 Å². The Labute approximate surface area is 120 Å². The Kier molecular flexibility index (Phi) is 4.94. The fourth-order valence-electron chi connectivity index (χ4n) is 1.85. The Morgan fingerprint density at radius 3 is 2.80 bits per heavy atom. The van der Waals surface area contributed by atoms with Gasteiger partial charge in [0.05, 0.1) is 0 Å². The number of aliphatic imine (C=N–C) groups is 1. The van der Waals surface area contributed by atoms with Crippen molar-refractivity contribution in [3.63, 3.8) is 0 Å². The summed E-state index contributed by atoms with van der Waals surface area (Å²) in [5.74, 6) is -0.560. The Morgan fingerprint density at radius 2 is 2.10 bits per heavy atom. The summed E-state index contributed by atoms with van der Waals surface area (Å²) in [7, 11) is 0. The normalized spacial score (nSPS) is 18.2. The summed E-state index contributed by atoms with van der Waals surface area (Å²) < 4.78 is 26.0. The molecule has 0 saturated heterocycles. The third-order valence-electron chi connectivity index (χ3n) is 2.90. The van der Waals surface area contributed by atoms with Crippen LogP contribution >= 0.6 is 11.8 Å². The van der Waals surface area contributed by atoms with Crippen molar-refractivity contribution in [3.05, 3.63) is 35.4 Å². The van der Waals surface area contributed by atoms with Crippen LogP contribution in [-0.2, 0) is 11.2 Å². The minimum absolute atomic E-state index is 0.173. The van der Waals surface area contributed by atoms with E-state index in [-0.39, 0.29) is 5.91 Å². The zero-order valence-corrected chi connectivity index (χ0v) is 11.8. The summed E-state index contributed by atoms with van der Waals surface area (Å²) in [6.07, 6.45) is 2.92. The molecule has 0 fully saturated rings. The quantitative estimate of drug-likeness (QED) is 0.869. The van der Waals surface area contributed by atoms with Crippen molar-refractivity contribution in [2.45, 2.75) is 18.9 Å². The number of rotatable bonds is 5. The number of nitrogens with one attached hydrogen (secondary N) is 2. The molecule has 1 atom stereocenters. The van der Waals surface area contributed by atoms with E-state index in [1.54, 1.807) is 11.8 Å². The highest BCUT2D eigenvalue weighted by Gasteiger charge is 2.22. The van der Waals surface area contributed by atoms with Crippen LogP contribution in [0.2, 0.25) is 0 Å². The first-order valence-corrected chi connectivity index (χ1v) is 7.55. The summed E-state index contributed by atoms with van der Waals surface area (Å²) in [4.78, 5) is 15.9. The molecule has 4 nitrogen and oxygen atoms in total. The first kappa shape index (κ1) is 14.8. The number of halogens is 2. The lowest BCUT2D eigenvalue weighted by Crippen LogP contribution is -2.51. The van der Waals surface area contributed by atoms with Gasteiger partial charge in [0.25, 0.3) is 5.91 Å². The first-order chi connectivity index (χ1) is 9.60. The molecule has 1 aliphatic rings. The molecule has 1 aromatic rings. The smallest absolute Gasteiger partial charge is 0.263 e. The van der Waals surface area contributed by atoms with Crippen molar-refractivity contribution in [1.29, 1.82) is 0 Å². The monoisotopic (exact) mass is 299 g/mol. The van der Waals surface area contributed by atoms with Crippen LogP contribution in [0, 0.1) is 11.6 Å². The lowest BCUT2D eigenvalue weighted by atomic mass is 10.1. The van der Waals surface area contributed by atoms with Crippen LogP contribution in [0.5, 0.6) is 0 Å². The molecular weight excluding hydrogens is 284 g/mol. The fraction of sp³-hybridized carbons (Fsp3) is 0.385. The second kappa shape index (κ2) is 6.69. The number of nitrogens with zero attached hydrogens (tertiary/aromatic N) is 1. The van der Waals surface area contributed by atoms with Crippen LogP contribution in [-0.4, -0.2) is 29.8 Å². The van der Waals surface area contributed by atoms with Gasteiger partial charge < -0.3 is 0 Å². The van der Waals surface area contributed by atoms with E-state index in [0.717, 1.165) is 17.9 Å². The lowest BCUT2D eigenvalue weighted by molar-refractivity contribution is -0.123. The van der Waals surface area contributed by atoms with Crippen LogP contribution in [0.1, 0.15) is 12.0 Å². The predicted octanol–water partition coefficient (Wildman–Crippen LogP) is 1.66. The molecule has 0 saturated carbocycles. The molecule has 1 heterocycles. The summed E-state index contributed by atoms with van der Waals surface area (Å²) in [6.45, 7) is 0. The van der Waals surface area contributed by atoms with Gasteiger partial charge in [-0.05, 0) is 36.1 Å². The molecule has 0 spiro atoms. The number of benzene rings is 1. The molecule has 20 heavy (non-hydrogen) atoms. The third-order valence-corrected chi connectivity index (χ3v) is 3.54. The summed E-state index contributed by atoms with van der Waals surface area (Å²) in [6, 6.07) is 3.28. The Balaban J connectivity index is 2.07. The largest absolute Gasteiger partial charge is 0.285 e. The molecule has 0 aromatic heterocycles. The standard InChI is InChI=1S/C13H15F2N3OS/c1-20-5-4-11-13(19)18-17-12(16-11)7-8-2-3-9(14)10(15)6-8/h2-3,6,11H,4-5,7H2,1H3,(H,16,17)(H,18,19). The third kappa shape index (κ3) is 3.69. The maximum Gasteiger partial charge on any atom is 0.263 e. The summed E-state index contributed by atoms with van der Waals surface area (Å²) in [5.41, 5.74) is 5.82. The lowest BCUT2D eigenvalue weighted by Gasteiger charge is -2.22. The zero-order valence-electron chi connectivity index (χ0n) is 11.0. The second-order valence-electron chi connectivity index (χ2n) is 4.41. The number of amides is 1. The number of hydrogen-bond acceptors (Lipinski definition) is 4. The molecule has 1 aliphatic heterocycles. The molecule has 1 aromatic carbocycles. The number of hydrogen-bond donors (Lipinski definition) is 2. The number of thioether (sulfide) groups is 1. The van der Waals surface area contributed by atoms with Crippen molar-refractivity contribution in [2.24, 2.45) is 4.99 Å². The van der Waals surface area contributed by atoms with Gasteiger partial charge in [-0.3, -0.25) is 20.6 Å². The Morgan fingerprint density at radius 1 is 1.30 bits per heavy atom. The Hall–Kier alpha value is -1.63. The summed E-state index contributed by atoms with van der Waals surface area (Å²) in [5, 5.41) is 0. The van der Waals surface area contributed by atoms with E-state index in [4.69, 9.17) is 0 Å². The SMILES string of the molecule is CSCCC1N=C(Cc2ccc(F)c(F)c2)NNC1=O. The van der Waals surface area contributed by atoms with E-state index < -0.39 is 17.7 Å². The Bertz CT molecular complexity index is 536. The molecule has 0 aliphatic carbocycles.